The molecule has 2 rings (SSSR count). The Labute approximate surface area is 145 Å². The summed E-state index contributed by atoms with van der Waals surface area (Å²) in [6.07, 6.45) is 2.96. The molecular formula is C14H10BrCl2N3O2. The van der Waals surface area contributed by atoms with Gasteiger partial charge in [-0.15, -0.1) is 0 Å². The maximum atomic E-state index is 11.9. The number of hydrogen-bond donors (Lipinski definition) is 1. The van der Waals surface area contributed by atoms with E-state index in [1.165, 1.54) is 19.5 Å². The molecule has 0 spiro atoms. The summed E-state index contributed by atoms with van der Waals surface area (Å²) in [5, 5.41) is 4.41. The molecule has 0 saturated carbocycles. The summed E-state index contributed by atoms with van der Waals surface area (Å²) < 4.78 is 5.82. The molecule has 1 amide bonds. The molecule has 0 saturated heterocycles. The molecule has 5 nitrogen and oxygen atoms in total. The number of methoxy groups -OCH3 is 1. The van der Waals surface area contributed by atoms with E-state index in [0.717, 1.165) is 0 Å². The molecule has 8 heteroatoms. The smallest absolute Gasteiger partial charge is 0.274 e. The monoisotopic (exact) mass is 401 g/mol. The normalized spacial score (nSPS) is 10.7. The van der Waals surface area contributed by atoms with Crippen molar-refractivity contribution in [2.24, 2.45) is 5.10 Å². The Kier molecular flexibility index (Phi) is 5.76. The lowest BCUT2D eigenvalue weighted by Crippen LogP contribution is -2.18. The number of amides is 1. The predicted octanol–water partition coefficient (Wildman–Crippen LogP) is 3.92. The first kappa shape index (κ1) is 16.7. The Morgan fingerprint density at radius 3 is 2.86 bits per heavy atom. The van der Waals surface area contributed by atoms with Crippen LogP contribution in [0.5, 0.6) is 5.75 Å². The highest BCUT2D eigenvalue weighted by atomic mass is 79.9. The second-order valence-corrected chi connectivity index (χ2v) is 5.68. The zero-order valence-electron chi connectivity index (χ0n) is 11.3. The summed E-state index contributed by atoms with van der Waals surface area (Å²) in [5.74, 6) is 0.0815. The van der Waals surface area contributed by atoms with Crippen LogP contribution in [0.15, 0.2) is 40.0 Å². The average Bonchev–Trinajstić information content (AvgIpc) is 2.47. The van der Waals surface area contributed by atoms with Gasteiger partial charge in [0.2, 0.25) is 0 Å². The highest BCUT2D eigenvalue weighted by Crippen LogP contribution is 2.33. The van der Waals surface area contributed by atoms with E-state index in [2.05, 4.69) is 31.4 Å². The van der Waals surface area contributed by atoms with E-state index >= 15 is 0 Å². The molecule has 22 heavy (non-hydrogen) atoms. The number of carbonyl (C=O) groups excluding carboxylic acids is 1. The summed E-state index contributed by atoms with van der Waals surface area (Å²) >= 11 is 15.2. The minimum Gasteiger partial charge on any atom is -0.494 e. The summed E-state index contributed by atoms with van der Waals surface area (Å²) in [5.41, 5.74) is 3.31. The lowest BCUT2D eigenvalue weighted by molar-refractivity contribution is 0.0955. The quantitative estimate of drug-likeness (QED) is 0.478. The Bertz CT molecular complexity index is 715. The molecule has 0 fully saturated rings. The van der Waals surface area contributed by atoms with Crippen molar-refractivity contribution in [1.82, 2.24) is 10.4 Å². The Hall–Kier alpha value is -1.63. The first-order chi connectivity index (χ1) is 10.5. The van der Waals surface area contributed by atoms with Crippen molar-refractivity contribution in [3.63, 3.8) is 0 Å². The van der Waals surface area contributed by atoms with Crippen LogP contribution >= 0.6 is 39.1 Å². The molecule has 114 valence electrons. The molecule has 2 aromatic rings. The van der Waals surface area contributed by atoms with Gasteiger partial charge in [-0.25, -0.2) is 10.4 Å². The van der Waals surface area contributed by atoms with Crippen LogP contribution in [-0.2, 0) is 0 Å². The van der Waals surface area contributed by atoms with Crippen LogP contribution in [0.3, 0.4) is 0 Å². The van der Waals surface area contributed by atoms with Crippen molar-refractivity contribution < 1.29 is 9.53 Å². The van der Waals surface area contributed by atoms with Crippen molar-refractivity contribution in [2.45, 2.75) is 0 Å². The van der Waals surface area contributed by atoms with Gasteiger partial charge < -0.3 is 4.74 Å². The molecule has 0 unspecified atom stereocenters. The molecule has 1 aromatic heterocycles. The second-order valence-electron chi connectivity index (χ2n) is 4.06. The van der Waals surface area contributed by atoms with E-state index in [4.69, 9.17) is 27.9 Å². The lowest BCUT2D eigenvalue weighted by Gasteiger charge is -2.06. The van der Waals surface area contributed by atoms with E-state index in [1.807, 2.05) is 0 Å². The number of rotatable bonds is 4. The van der Waals surface area contributed by atoms with Crippen molar-refractivity contribution in [1.29, 1.82) is 0 Å². The summed E-state index contributed by atoms with van der Waals surface area (Å²) in [4.78, 5) is 15.7. The third kappa shape index (κ3) is 3.97. The molecule has 0 aliphatic carbocycles. The van der Waals surface area contributed by atoms with Gasteiger partial charge in [0.25, 0.3) is 5.91 Å². The number of nitrogens with zero attached hydrogens (tertiary/aromatic N) is 2. The van der Waals surface area contributed by atoms with Crippen LogP contribution in [0, 0.1) is 0 Å². The van der Waals surface area contributed by atoms with Crippen LogP contribution in [0.25, 0.3) is 0 Å². The fourth-order valence-corrected chi connectivity index (χ4v) is 2.89. The number of halogens is 3. The predicted molar refractivity (Wildman–Crippen MR) is 90.0 cm³/mol. The van der Waals surface area contributed by atoms with Crippen LogP contribution in [-0.4, -0.2) is 24.2 Å². The number of ether oxygens (including phenoxy) is 1. The van der Waals surface area contributed by atoms with Gasteiger partial charge in [0, 0.05) is 6.20 Å². The van der Waals surface area contributed by atoms with E-state index in [1.54, 1.807) is 24.3 Å². The fourth-order valence-electron chi connectivity index (χ4n) is 1.63. The van der Waals surface area contributed by atoms with Crippen molar-refractivity contribution in [3.8, 4) is 5.75 Å². The molecule has 1 N–H and O–H groups in total. The minimum atomic E-state index is -0.451. The first-order valence-electron chi connectivity index (χ1n) is 6.00. The van der Waals surface area contributed by atoms with E-state index in [-0.39, 0.29) is 10.7 Å². The summed E-state index contributed by atoms with van der Waals surface area (Å²) in [7, 11) is 1.53. The van der Waals surface area contributed by atoms with Gasteiger partial charge in [-0.1, -0.05) is 23.2 Å². The number of hydrogen-bond acceptors (Lipinski definition) is 4. The van der Waals surface area contributed by atoms with E-state index in [0.29, 0.717) is 20.8 Å². The zero-order valence-corrected chi connectivity index (χ0v) is 14.4. The Morgan fingerprint density at radius 1 is 1.45 bits per heavy atom. The van der Waals surface area contributed by atoms with E-state index in [9.17, 15) is 4.79 Å². The molecule has 0 aliphatic rings. The number of hydrazone groups is 1. The molecule has 0 bridgehead atoms. The van der Waals surface area contributed by atoms with Gasteiger partial charge in [-0.2, -0.15) is 5.10 Å². The number of pyridine rings is 1. The Morgan fingerprint density at radius 2 is 2.23 bits per heavy atom. The zero-order chi connectivity index (χ0) is 16.1. The average molecular weight is 403 g/mol. The van der Waals surface area contributed by atoms with Crippen LogP contribution in [0.4, 0.5) is 0 Å². The largest absolute Gasteiger partial charge is 0.494 e. The standard InChI is InChI=1S/C14H10BrCl2N3O2/c1-22-12-10(15)5-8(6-11(12)16)7-19-20-14(21)9-3-2-4-18-13(9)17/h2-7H,1H3,(H,20,21). The number of benzene rings is 1. The molecule has 0 radical (unpaired) electrons. The summed E-state index contributed by atoms with van der Waals surface area (Å²) in [6, 6.07) is 6.60. The van der Waals surface area contributed by atoms with Gasteiger partial charge in [0.1, 0.15) is 5.15 Å². The molecule has 1 heterocycles. The van der Waals surface area contributed by atoms with Crippen molar-refractivity contribution >= 4 is 51.3 Å². The lowest BCUT2D eigenvalue weighted by atomic mass is 10.2. The molecular weight excluding hydrogens is 393 g/mol. The van der Waals surface area contributed by atoms with Gasteiger partial charge in [-0.05, 0) is 45.8 Å². The third-order valence-electron chi connectivity index (χ3n) is 2.61. The second kappa shape index (κ2) is 7.58. The SMILES string of the molecule is COc1c(Cl)cc(C=NNC(=O)c2cccnc2Cl)cc1Br. The first-order valence-corrected chi connectivity index (χ1v) is 7.54. The fraction of sp³-hybridized carbons (Fsp3) is 0.0714. The number of nitrogens with one attached hydrogen (secondary N) is 1. The highest BCUT2D eigenvalue weighted by Gasteiger charge is 2.10. The van der Waals surface area contributed by atoms with E-state index < -0.39 is 5.91 Å². The van der Waals surface area contributed by atoms with Gasteiger partial charge in [-0.3, -0.25) is 4.79 Å². The molecule has 0 aliphatic heterocycles. The van der Waals surface area contributed by atoms with Crippen molar-refractivity contribution in [3.05, 3.63) is 56.2 Å². The van der Waals surface area contributed by atoms with Crippen LogP contribution in [0.2, 0.25) is 10.2 Å². The van der Waals surface area contributed by atoms with Crippen LogP contribution in [0.1, 0.15) is 15.9 Å². The van der Waals surface area contributed by atoms with Gasteiger partial charge in [0.15, 0.2) is 5.75 Å². The summed E-state index contributed by atoms with van der Waals surface area (Å²) in [6.45, 7) is 0. The topological polar surface area (TPSA) is 63.6 Å². The maximum Gasteiger partial charge on any atom is 0.274 e. The van der Waals surface area contributed by atoms with Crippen LogP contribution < -0.4 is 10.2 Å². The molecule has 0 atom stereocenters. The van der Waals surface area contributed by atoms with Gasteiger partial charge >= 0.3 is 0 Å². The third-order valence-corrected chi connectivity index (χ3v) is 3.78. The van der Waals surface area contributed by atoms with Crippen molar-refractivity contribution in [2.75, 3.05) is 7.11 Å². The minimum absolute atomic E-state index is 0.116. The molecule has 1 aromatic carbocycles. The number of carbonyl (C=O) groups is 1. The Balaban J connectivity index is 2.10. The number of aromatic nitrogens is 1. The highest BCUT2D eigenvalue weighted by molar-refractivity contribution is 9.10. The van der Waals surface area contributed by atoms with Gasteiger partial charge in [0.05, 0.1) is 28.4 Å². The maximum absolute atomic E-state index is 11.9.